The number of sulfonamides is 1. The molecular formula is C15H20N4O4S. The first kappa shape index (κ1) is 16.9. The van der Waals surface area contributed by atoms with Crippen LogP contribution in [0.15, 0.2) is 32.7 Å². The van der Waals surface area contributed by atoms with Crippen molar-refractivity contribution in [3.05, 3.63) is 38.9 Å². The van der Waals surface area contributed by atoms with Gasteiger partial charge in [-0.2, -0.15) is 4.31 Å². The van der Waals surface area contributed by atoms with E-state index in [9.17, 15) is 18.0 Å². The molecule has 3 rings (SSSR count). The van der Waals surface area contributed by atoms with Crippen molar-refractivity contribution >= 4 is 21.1 Å². The molecule has 0 bridgehead atoms. The molecule has 130 valence electrons. The number of nitrogens with two attached hydrogens (primary N) is 1. The molecule has 24 heavy (non-hydrogen) atoms. The normalized spacial score (nSPS) is 21.9. The lowest BCUT2D eigenvalue weighted by Crippen LogP contribution is -2.53. The van der Waals surface area contributed by atoms with Crippen molar-refractivity contribution < 1.29 is 8.42 Å². The maximum Gasteiger partial charge on any atom is 0.314 e. The van der Waals surface area contributed by atoms with E-state index in [-0.39, 0.29) is 21.9 Å². The van der Waals surface area contributed by atoms with Crippen LogP contribution in [0, 0.1) is 5.41 Å². The summed E-state index contributed by atoms with van der Waals surface area (Å²) in [6.45, 7) is 4.58. The van der Waals surface area contributed by atoms with Gasteiger partial charge in [-0.15, -0.1) is 0 Å². The zero-order valence-electron chi connectivity index (χ0n) is 13.5. The highest BCUT2D eigenvalue weighted by Gasteiger charge is 2.38. The van der Waals surface area contributed by atoms with Gasteiger partial charge in [-0.25, -0.2) is 8.42 Å². The van der Waals surface area contributed by atoms with E-state index >= 15 is 0 Å². The van der Waals surface area contributed by atoms with Gasteiger partial charge in [0.05, 0.1) is 15.9 Å². The lowest BCUT2D eigenvalue weighted by atomic mass is 9.81. The molecule has 2 aromatic rings. The van der Waals surface area contributed by atoms with Crippen molar-refractivity contribution in [2.75, 3.05) is 13.1 Å². The summed E-state index contributed by atoms with van der Waals surface area (Å²) < 4.78 is 27.2. The fraction of sp³-hybridized carbons (Fsp3) is 0.467. The minimum Gasteiger partial charge on any atom is -0.327 e. The smallest absolute Gasteiger partial charge is 0.314 e. The predicted molar refractivity (Wildman–Crippen MR) is 90.3 cm³/mol. The molecule has 1 aliphatic rings. The van der Waals surface area contributed by atoms with Gasteiger partial charge in [-0.05, 0) is 30.0 Å². The Labute approximate surface area is 138 Å². The highest BCUT2D eigenvalue weighted by molar-refractivity contribution is 7.89. The van der Waals surface area contributed by atoms with Crippen LogP contribution in [0.3, 0.4) is 0 Å². The first-order valence-corrected chi connectivity index (χ1v) is 9.07. The van der Waals surface area contributed by atoms with E-state index in [0.717, 1.165) is 0 Å². The summed E-state index contributed by atoms with van der Waals surface area (Å²) in [5, 5.41) is 0. The molecule has 1 aromatic carbocycles. The maximum atomic E-state index is 12.9. The molecule has 0 radical (unpaired) electrons. The molecule has 1 unspecified atom stereocenters. The Hall–Kier alpha value is -1.97. The molecule has 0 aliphatic carbocycles. The largest absolute Gasteiger partial charge is 0.327 e. The van der Waals surface area contributed by atoms with Crippen molar-refractivity contribution in [1.82, 2.24) is 14.3 Å². The molecule has 0 amide bonds. The van der Waals surface area contributed by atoms with Gasteiger partial charge in [-0.3, -0.25) is 9.59 Å². The van der Waals surface area contributed by atoms with Crippen LogP contribution >= 0.6 is 0 Å². The number of rotatable bonds is 2. The molecule has 0 saturated carbocycles. The average Bonchev–Trinajstić information content (AvgIpc) is 2.50. The lowest BCUT2D eigenvalue weighted by molar-refractivity contribution is 0.155. The summed E-state index contributed by atoms with van der Waals surface area (Å²) in [7, 11) is -3.71. The molecule has 4 N–H and O–H groups in total. The number of benzene rings is 1. The molecular weight excluding hydrogens is 332 g/mol. The number of aromatic amines is 2. The highest BCUT2D eigenvalue weighted by Crippen LogP contribution is 2.31. The molecule has 1 fully saturated rings. The Kier molecular flexibility index (Phi) is 3.89. The second-order valence-electron chi connectivity index (χ2n) is 6.84. The van der Waals surface area contributed by atoms with Crippen molar-refractivity contribution in [1.29, 1.82) is 0 Å². The van der Waals surface area contributed by atoms with E-state index in [4.69, 9.17) is 5.73 Å². The van der Waals surface area contributed by atoms with Gasteiger partial charge in [0.2, 0.25) is 10.0 Å². The van der Waals surface area contributed by atoms with E-state index in [1.54, 1.807) is 0 Å². The van der Waals surface area contributed by atoms with Crippen LogP contribution in [0.2, 0.25) is 0 Å². The second kappa shape index (κ2) is 5.54. The third-order valence-electron chi connectivity index (χ3n) is 4.61. The number of piperidine rings is 1. The van der Waals surface area contributed by atoms with Gasteiger partial charge in [0.1, 0.15) is 0 Å². The van der Waals surface area contributed by atoms with E-state index in [1.165, 1.54) is 22.5 Å². The topological polar surface area (TPSA) is 129 Å². The van der Waals surface area contributed by atoms with Gasteiger partial charge < -0.3 is 15.7 Å². The standard InChI is InChI=1S/C15H20N4O4S/c1-15(2)8-19(6-5-12(15)16)24(22,23)9-3-4-10-11(7-9)18-14(21)13(20)17-10/h3-4,7,12H,5-6,8,16H2,1-2H3,(H,17,20)(H,18,21). The Bertz CT molecular complexity index is 1010. The minimum atomic E-state index is -3.71. The number of fused-ring (bicyclic) bond motifs is 1. The van der Waals surface area contributed by atoms with Crippen LogP contribution in [-0.4, -0.2) is 41.8 Å². The Morgan fingerprint density at radius 2 is 1.79 bits per heavy atom. The zero-order chi connectivity index (χ0) is 17.7. The lowest BCUT2D eigenvalue weighted by Gasteiger charge is -2.41. The van der Waals surface area contributed by atoms with E-state index in [0.29, 0.717) is 25.0 Å². The summed E-state index contributed by atoms with van der Waals surface area (Å²) >= 11 is 0. The Morgan fingerprint density at radius 3 is 2.42 bits per heavy atom. The molecule has 8 nitrogen and oxygen atoms in total. The van der Waals surface area contributed by atoms with Crippen LogP contribution in [0.4, 0.5) is 0 Å². The van der Waals surface area contributed by atoms with Gasteiger partial charge in [0.25, 0.3) is 0 Å². The van der Waals surface area contributed by atoms with Crippen LogP contribution in [0.5, 0.6) is 0 Å². The van der Waals surface area contributed by atoms with Gasteiger partial charge in [0, 0.05) is 19.1 Å². The van der Waals surface area contributed by atoms with Gasteiger partial charge >= 0.3 is 11.1 Å². The van der Waals surface area contributed by atoms with E-state index < -0.39 is 21.1 Å². The molecule has 2 heterocycles. The van der Waals surface area contributed by atoms with Crippen molar-refractivity contribution in [2.45, 2.75) is 31.2 Å². The van der Waals surface area contributed by atoms with Gasteiger partial charge in [-0.1, -0.05) is 13.8 Å². The number of H-pyrrole nitrogens is 2. The number of nitrogens with zero attached hydrogens (tertiary/aromatic N) is 1. The first-order chi connectivity index (χ1) is 11.1. The van der Waals surface area contributed by atoms with Crippen LogP contribution < -0.4 is 16.9 Å². The molecule has 1 aliphatic heterocycles. The highest BCUT2D eigenvalue weighted by atomic mass is 32.2. The molecule has 9 heteroatoms. The quantitative estimate of drug-likeness (QED) is 0.653. The second-order valence-corrected chi connectivity index (χ2v) is 8.78. The van der Waals surface area contributed by atoms with E-state index in [2.05, 4.69) is 9.97 Å². The summed E-state index contributed by atoms with van der Waals surface area (Å²) in [5.74, 6) is 0. The summed E-state index contributed by atoms with van der Waals surface area (Å²) in [6.07, 6.45) is 0.587. The molecule has 1 atom stereocenters. The minimum absolute atomic E-state index is 0.0537. The zero-order valence-corrected chi connectivity index (χ0v) is 14.3. The molecule has 1 saturated heterocycles. The molecule has 0 spiro atoms. The van der Waals surface area contributed by atoms with Crippen LogP contribution in [-0.2, 0) is 10.0 Å². The SMILES string of the molecule is CC1(C)CN(S(=O)(=O)c2ccc3[nH]c(=O)c(=O)[nH]c3c2)CCC1N. The predicted octanol–water partition coefficient (Wildman–Crippen LogP) is -0.0357. The Balaban J connectivity index is 2.04. The van der Waals surface area contributed by atoms with E-state index in [1.807, 2.05) is 13.8 Å². The summed E-state index contributed by atoms with van der Waals surface area (Å²) in [5.41, 5.74) is 4.80. The van der Waals surface area contributed by atoms with Crippen LogP contribution in [0.1, 0.15) is 20.3 Å². The summed E-state index contributed by atoms with van der Waals surface area (Å²) in [6, 6.07) is 4.21. The fourth-order valence-electron chi connectivity index (χ4n) is 2.93. The third-order valence-corrected chi connectivity index (χ3v) is 6.45. The van der Waals surface area contributed by atoms with Crippen molar-refractivity contribution in [2.24, 2.45) is 11.1 Å². The summed E-state index contributed by atoms with van der Waals surface area (Å²) in [4.78, 5) is 27.6. The van der Waals surface area contributed by atoms with Crippen molar-refractivity contribution in [3.63, 3.8) is 0 Å². The number of nitrogens with one attached hydrogen (secondary N) is 2. The van der Waals surface area contributed by atoms with Crippen molar-refractivity contribution in [3.8, 4) is 0 Å². The number of hydrogen-bond donors (Lipinski definition) is 3. The average molecular weight is 352 g/mol. The van der Waals surface area contributed by atoms with Gasteiger partial charge in [0.15, 0.2) is 0 Å². The number of hydrogen-bond acceptors (Lipinski definition) is 5. The number of aromatic nitrogens is 2. The first-order valence-electron chi connectivity index (χ1n) is 7.63. The monoisotopic (exact) mass is 352 g/mol. The maximum absolute atomic E-state index is 12.9. The van der Waals surface area contributed by atoms with Crippen LogP contribution in [0.25, 0.3) is 11.0 Å². The third kappa shape index (κ3) is 2.79. The molecule has 1 aromatic heterocycles. The Morgan fingerprint density at radius 1 is 1.17 bits per heavy atom. The fourth-order valence-corrected chi connectivity index (χ4v) is 4.59.